The number of nitrogens with zero attached hydrogens (tertiary/aromatic N) is 1. The second-order valence-corrected chi connectivity index (χ2v) is 10.9. The Labute approximate surface area is 190 Å². The summed E-state index contributed by atoms with van der Waals surface area (Å²) in [5.74, 6) is -1.56. The molecular formula is C25H31NO5S. The summed E-state index contributed by atoms with van der Waals surface area (Å²) in [5.41, 5.74) is 1.75. The number of sulfonamides is 1. The van der Waals surface area contributed by atoms with Gasteiger partial charge in [0, 0.05) is 18.9 Å². The minimum atomic E-state index is -4.06. The predicted molar refractivity (Wildman–Crippen MR) is 122 cm³/mol. The van der Waals surface area contributed by atoms with Gasteiger partial charge in [-0.1, -0.05) is 61.9 Å². The molecule has 7 heteroatoms. The summed E-state index contributed by atoms with van der Waals surface area (Å²) in [4.78, 5) is 25.8. The third-order valence-corrected chi connectivity index (χ3v) is 7.72. The minimum absolute atomic E-state index is 0.0560. The second kappa shape index (κ2) is 9.96. The molecule has 3 atom stereocenters. The van der Waals surface area contributed by atoms with Crippen molar-refractivity contribution in [2.45, 2.75) is 63.5 Å². The molecule has 172 valence electrons. The number of rotatable bonds is 9. The van der Waals surface area contributed by atoms with Crippen molar-refractivity contribution in [1.29, 1.82) is 0 Å². The number of aryl methyl sites for hydroxylation is 1. The van der Waals surface area contributed by atoms with Crippen LogP contribution in [0.5, 0.6) is 0 Å². The molecule has 0 spiro atoms. The zero-order valence-electron chi connectivity index (χ0n) is 18.8. The summed E-state index contributed by atoms with van der Waals surface area (Å²) in [6, 6.07) is 15.0. The highest BCUT2D eigenvalue weighted by Gasteiger charge is 2.49. The smallest absolute Gasteiger partial charge is 0.266 e. The predicted octanol–water partition coefficient (Wildman–Crippen LogP) is 3.51. The summed E-state index contributed by atoms with van der Waals surface area (Å²) in [5, 5.41) is 10.7. The summed E-state index contributed by atoms with van der Waals surface area (Å²) in [6.45, 7) is 5.79. The number of Topliss-reactive ketones (excluding diaryl/α,β-unsaturated/α-hetero) is 1. The maximum Gasteiger partial charge on any atom is 0.266 e. The molecule has 1 heterocycles. The third kappa shape index (κ3) is 5.45. The summed E-state index contributed by atoms with van der Waals surface area (Å²) in [6.07, 6.45) is -0.524. The molecule has 0 unspecified atom stereocenters. The van der Waals surface area contributed by atoms with Crippen LogP contribution < -0.4 is 0 Å². The first-order valence-corrected chi connectivity index (χ1v) is 12.4. The highest BCUT2D eigenvalue weighted by molar-refractivity contribution is 7.89. The van der Waals surface area contributed by atoms with Crippen LogP contribution in [0.1, 0.15) is 44.2 Å². The van der Waals surface area contributed by atoms with Gasteiger partial charge in [0.1, 0.15) is 5.78 Å². The molecule has 0 saturated carbocycles. The van der Waals surface area contributed by atoms with Crippen molar-refractivity contribution >= 4 is 21.7 Å². The Morgan fingerprint density at radius 2 is 1.72 bits per heavy atom. The van der Waals surface area contributed by atoms with E-state index in [1.54, 1.807) is 12.1 Å². The van der Waals surface area contributed by atoms with Crippen molar-refractivity contribution in [2.75, 3.05) is 0 Å². The van der Waals surface area contributed by atoms with E-state index in [0.29, 0.717) is 6.42 Å². The van der Waals surface area contributed by atoms with Gasteiger partial charge in [-0.05, 0) is 43.4 Å². The monoisotopic (exact) mass is 457 g/mol. The lowest BCUT2D eigenvalue weighted by Crippen LogP contribution is -2.41. The Morgan fingerprint density at radius 3 is 2.31 bits per heavy atom. The van der Waals surface area contributed by atoms with E-state index in [-0.39, 0.29) is 35.9 Å². The topological polar surface area (TPSA) is 91.8 Å². The van der Waals surface area contributed by atoms with Crippen LogP contribution in [0.2, 0.25) is 0 Å². The highest BCUT2D eigenvalue weighted by atomic mass is 32.2. The van der Waals surface area contributed by atoms with Gasteiger partial charge in [-0.3, -0.25) is 9.59 Å². The number of hydrogen-bond donors (Lipinski definition) is 1. The van der Waals surface area contributed by atoms with Gasteiger partial charge >= 0.3 is 0 Å². The normalized spacial score (nSPS) is 20.0. The molecule has 2 aromatic carbocycles. The molecule has 1 fully saturated rings. The van der Waals surface area contributed by atoms with E-state index in [1.807, 2.05) is 51.1 Å². The van der Waals surface area contributed by atoms with Crippen molar-refractivity contribution in [3.63, 3.8) is 0 Å². The van der Waals surface area contributed by atoms with Crippen LogP contribution >= 0.6 is 0 Å². The third-order valence-electron chi connectivity index (χ3n) is 5.86. The quantitative estimate of drug-likeness (QED) is 0.622. The zero-order chi connectivity index (χ0) is 23.5. The Balaban J connectivity index is 1.80. The molecule has 0 bridgehead atoms. The fourth-order valence-corrected chi connectivity index (χ4v) is 5.94. The van der Waals surface area contributed by atoms with E-state index in [1.165, 1.54) is 12.1 Å². The molecule has 1 amide bonds. The Kier molecular flexibility index (Phi) is 7.51. The van der Waals surface area contributed by atoms with E-state index in [9.17, 15) is 23.1 Å². The van der Waals surface area contributed by atoms with Crippen LogP contribution in [0.15, 0.2) is 59.5 Å². The van der Waals surface area contributed by atoms with Gasteiger partial charge in [-0.2, -0.15) is 0 Å². The van der Waals surface area contributed by atoms with Gasteiger partial charge in [0.05, 0.1) is 16.9 Å². The zero-order valence-corrected chi connectivity index (χ0v) is 19.6. The summed E-state index contributed by atoms with van der Waals surface area (Å²) in [7, 11) is -4.06. The molecule has 1 N–H and O–H groups in total. The number of carbonyl (C=O) groups is 2. The molecule has 0 radical (unpaired) electrons. The number of carbonyl (C=O) groups excluding carboxylic acids is 2. The largest absolute Gasteiger partial charge is 0.392 e. The Morgan fingerprint density at radius 1 is 1.09 bits per heavy atom. The molecule has 1 aliphatic rings. The average Bonchev–Trinajstić information content (AvgIpc) is 3.05. The molecule has 32 heavy (non-hydrogen) atoms. The van der Waals surface area contributed by atoms with Crippen molar-refractivity contribution in [2.24, 2.45) is 11.8 Å². The van der Waals surface area contributed by atoms with Crippen LogP contribution in [-0.2, 0) is 26.0 Å². The maximum atomic E-state index is 13.3. The number of ketones is 1. The van der Waals surface area contributed by atoms with Crippen LogP contribution in [0.3, 0.4) is 0 Å². The van der Waals surface area contributed by atoms with Gasteiger partial charge in [-0.25, -0.2) is 12.7 Å². The lowest BCUT2D eigenvalue weighted by Gasteiger charge is -2.25. The standard InChI is InChI=1S/C25H31NO5S/c1-17(2)13-20-15-23(24(28)16-21(27)14-19-7-5-4-6-8-19)25(29)26(20)32(30,31)22-11-9-18(3)10-12-22/h4-12,17,20,23-24,28H,13-16H2,1-3H3/t20-,23+,24-/m0/s1. The minimum Gasteiger partial charge on any atom is -0.392 e. The second-order valence-electron chi connectivity index (χ2n) is 9.05. The lowest BCUT2D eigenvalue weighted by molar-refractivity contribution is -0.131. The average molecular weight is 458 g/mol. The molecular weight excluding hydrogens is 426 g/mol. The van der Waals surface area contributed by atoms with E-state index in [0.717, 1.165) is 15.4 Å². The number of amides is 1. The summed E-state index contributed by atoms with van der Waals surface area (Å²) < 4.78 is 27.6. The fraction of sp³-hybridized carbons (Fsp3) is 0.440. The van der Waals surface area contributed by atoms with Crippen molar-refractivity contribution < 1.29 is 23.1 Å². The van der Waals surface area contributed by atoms with Crippen LogP contribution in [0.25, 0.3) is 0 Å². The highest BCUT2D eigenvalue weighted by Crippen LogP contribution is 2.36. The molecule has 0 aliphatic carbocycles. The number of aliphatic hydroxyl groups is 1. The van der Waals surface area contributed by atoms with Gasteiger partial charge in [0.25, 0.3) is 10.0 Å². The Hall–Kier alpha value is -2.51. The van der Waals surface area contributed by atoms with Gasteiger partial charge < -0.3 is 5.11 Å². The van der Waals surface area contributed by atoms with Crippen molar-refractivity contribution in [3.8, 4) is 0 Å². The number of benzene rings is 2. The van der Waals surface area contributed by atoms with E-state index >= 15 is 0 Å². The SMILES string of the molecule is Cc1ccc(S(=O)(=O)N2C(=O)[C@@H]([C@@H](O)CC(=O)Cc3ccccc3)C[C@@H]2CC(C)C)cc1. The molecule has 0 aromatic heterocycles. The van der Waals surface area contributed by atoms with Crippen LogP contribution in [-0.4, -0.2) is 41.7 Å². The van der Waals surface area contributed by atoms with Crippen molar-refractivity contribution in [3.05, 3.63) is 65.7 Å². The van der Waals surface area contributed by atoms with Gasteiger partial charge in [0.15, 0.2) is 0 Å². The molecule has 1 saturated heterocycles. The first kappa shape index (κ1) is 24.1. The molecule has 1 aliphatic heterocycles. The fourth-order valence-electron chi connectivity index (χ4n) is 4.30. The maximum absolute atomic E-state index is 13.3. The van der Waals surface area contributed by atoms with E-state index in [4.69, 9.17) is 0 Å². The molecule has 6 nitrogen and oxygen atoms in total. The molecule has 3 rings (SSSR count). The lowest BCUT2D eigenvalue weighted by atomic mass is 9.91. The number of hydrogen-bond acceptors (Lipinski definition) is 5. The van der Waals surface area contributed by atoms with Crippen LogP contribution in [0.4, 0.5) is 0 Å². The van der Waals surface area contributed by atoms with E-state index < -0.39 is 34.0 Å². The van der Waals surface area contributed by atoms with Gasteiger partial charge in [-0.15, -0.1) is 0 Å². The summed E-state index contributed by atoms with van der Waals surface area (Å²) >= 11 is 0. The van der Waals surface area contributed by atoms with Crippen LogP contribution in [0, 0.1) is 18.8 Å². The first-order chi connectivity index (χ1) is 15.1. The first-order valence-electron chi connectivity index (χ1n) is 11.0. The van der Waals surface area contributed by atoms with E-state index in [2.05, 4.69) is 0 Å². The molecule has 2 aromatic rings. The number of aliphatic hydroxyl groups excluding tert-OH is 1. The van der Waals surface area contributed by atoms with Gasteiger partial charge in [0.2, 0.25) is 5.91 Å². The Bertz CT molecular complexity index is 1050. The van der Waals surface area contributed by atoms with Crippen molar-refractivity contribution in [1.82, 2.24) is 4.31 Å².